The van der Waals surface area contributed by atoms with Gasteiger partial charge in [-0.25, -0.2) is 4.85 Å². The molecule has 1 amide bonds. The van der Waals surface area contributed by atoms with E-state index in [2.05, 4.69) is 37.7 Å². The SMILES string of the molecule is [C-]#[N+]c1ccc(CNC(=O)C(CCCC)Nc2cc(-n3cccc3)nc(NCC)n2)cc1. The number of hydrogen-bond acceptors (Lipinski definition) is 5. The van der Waals surface area contributed by atoms with Gasteiger partial charge in [-0.1, -0.05) is 44.0 Å². The molecule has 2 heterocycles. The summed E-state index contributed by atoms with van der Waals surface area (Å²) in [5.74, 6) is 1.74. The Kier molecular flexibility index (Phi) is 8.21. The third-order valence-corrected chi connectivity index (χ3v) is 4.93. The number of carbonyl (C=O) groups is 1. The summed E-state index contributed by atoms with van der Waals surface area (Å²) in [6.07, 6.45) is 6.44. The summed E-state index contributed by atoms with van der Waals surface area (Å²) in [5, 5.41) is 9.47. The Hall–Kier alpha value is -3.86. The van der Waals surface area contributed by atoms with Gasteiger partial charge in [-0.2, -0.15) is 9.97 Å². The van der Waals surface area contributed by atoms with Crippen LogP contribution in [0.5, 0.6) is 0 Å². The number of rotatable bonds is 11. The van der Waals surface area contributed by atoms with Gasteiger partial charge in [-0.05, 0) is 31.0 Å². The molecule has 0 aliphatic carbocycles. The van der Waals surface area contributed by atoms with Gasteiger partial charge < -0.3 is 20.5 Å². The third kappa shape index (κ3) is 6.32. The van der Waals surface area contributed by atoms with Crippen molar-refractivity contribution in [2.45, 2.75) is 45.7 Å². The van der Waals surface area contributed by atoms with Gasteiger partial charge in [0, 0.05) is 31.5 Å². The molecule has 0 fully saturated rings. The van der Waals surface area contributed by atoms with Crippen LogP contribution in [-0.4, -0.2) is 33.0 Å². The number of nitrogens with zero attached hydrogens (tertiary/aromatic N) is 4. The largest absolute Gasteiger partial charge is 0.358 e. The number of unbranched alkanes of at least 4 members (excludes halogenated alkanes) is 1. The quantitative estimate of drug-likeness (QED) is 0.388. The lowest BCUT2D eigenvalue weighted by Gasteiger charge is -2.20. The molecule has 0 bridgehead atoms. The molecule has 1 atom stereocenters. The molecule has 1 aromatic carbocycles. The molecule has 0 radical (unpaired) electrons. The molecular weight excluding hydrogens is 402 g/mol. The van der Waals surface area contributed by atoms with Crippen molar-refractivity contribution >= 4 is 23.4 Å². The highest BCUT2D eigenvalue weighted by Crippen LogP contribution is 2.17. The van der Waals surface area contributed by atoms with E-state index in [-0.39, 0.29) is 5.91 Å². The van der Waals surface area contributed by atoms with Gasteiger partial charge in [0.2, 0.25) is 11.9 Å². The zero-order valence-electron chi connectivity index (χ0n) is 18.5. The van der Waals surface area contributed by atoms with Crippen molar-refractivity contribution in [2.75, 3.05) is 17.2 Å². The number of amides is 1. The maximum atomic E-state index is 13.0. The van der Waals surface area contributed by atoms with E-state index < -0.39 is 6.04 Å². The lowest BCUT2D eigenvalue weighted by Crippen LogP contribution is -2.39. The minimum atomic E-state index is -0.417. The summed E-state index contributed by atoms with van der Waals surface area (Å²) in [7, 11) is 0. The second-order valence-electron chi connectivity index (χ2n) is 7.39. The molecule has 3 rings (SSSR count). The summed E-state index contributed by atoms with van der Waals surface area (Å²) < 4.78 is 1.90. The Bertz CT molecular complexity index is 1040. The molecule has 1 unspecified atom stereocenters. The third-order valence-electron chi connectivity index (χ3n) is 4.93. The van der Waals surface area contributed by atoms with E-state index in [1.165, 1.54) is 0 Å². The van der Waals surface area contributed by atoms with Crippen molar-refractivity contribution in [1.29, 1.82) is 0 Å². The molecule has 0 saturated carbocycles. The molecule has 8 heteroatoms. The fourth-order valence-corrected chi connectivity index (χ4v) is 3.22. The fourth-order valence-electron chi connectivity index (χ4n) is 3.22. The van der Waals surface area contributed by atoms with Crippen molar-refractivity contribution in [2.24, 2.45) is 0 Å². The van der Waals surface area contributed by atoms with Crippen LogP contribution < -0.4 is 16.0 Å². The van der Waals surface area contributed by atoms with Gasteiger partial charge in [0.25, 0.3) is 0 Å². The van der Waals surface area contributed by atoms with Crippen LogP contribution in [0.4, 0.5) is 17.5 Å². The van der Waals surface area contributed by atoms with Crippen LogP contribution in [0.15, 0.2) is 54.9 Å². The summed E-state index contributed by atoms with van der Waals surface area (Å²) in [4.78, 5) is 25.5. The smallest absolute Gasteiger partial charge is 0.242 e. The number of aromatic nitrogens is 3. The molecule has 0 aliphatic heterocycles. The first-order valence-corrected chi connectivity index (χ1v) is 10.9. The van der Waals surface area contributed by atoms with Crippen molar-refractivity contribution in [3.8, 4) is 5.82 Å². The maximum absolute atomic E-state index is 13.0. The first-order valence-electron chi connectivity index (χ1n) is 10.9. The maximum Gasteiger partial charge on any atom is 0.242 e. The molecule has 2 aromatic heterocycles. The molecule has 0 aliphatic rings. The van der Waals surface area contributed by atoms with E-state index in [9.17, 15) is 4.79 Å². The number of carbonyl (C=O) groups excluding carboxylic acids is 1. The van der Waals surface area contributed by atoms with E-state index in [1.807, 2.05) is 54.2 Å². The number of anilines is 2. The second kappa shape index (κ2) is 11.5. The fraction of sp³-hybridized carbons (Fsp3) is 0.333. The van der Waals surface area contributed by atoms with Crippen molar-refractivity contribution in [3.63, 3.8) is 0 Å². The van der Waals surface area contributed by atoms with Gasteiger partial charge in [-0.3, -0.25) is 4.79 Å². The highest BCUT2D eigenvalue weighted by molar-refractivity contribution is 5.84. The summed E-state index contributed by atoms with van der Waals surface area (Å²) in [5.41, 5.74) is 1.53. The van der Waals surface area contributed by atoms with Gasteiger partial charge in [-0.15, -0.1) is 0 Å². The first kappa shape index (κ1) is 22.8. The minimum absolute atomic E-state index is 0.0844. The molecule has 3 N–H and O–H groups in total. The Morgan fingerprint density at radius 2 is 1.91 bits per heavy atom. The first-order chi connectivity index (χ1) is 15.6. The van der Waals surface area contributed by atoms with Crippen LogP contribution in [0, 0.1) is 6.57 Å². The highest BCUT2D eigenvalue weighted by atomic mass is 16.2. The molecule has 166 valence electrons. The summed E-state index contributed by atoms with van der Waals surface area (Å²) in [6.45, 7) is 12.2. The van der Waals surface area contributed by atoms with Crippen molar-refractivity contribution in [1.82, 2.24) is 19.9 Å². The summed E-state index contributed by atoms with van der Waals surface area (Å²) in [6, 6.07) is 12.5. The van der Waals surface area contributed by atoms with E-state index in [4.69, 9.17) is 6.57 Å². The zero-order chi connectivity index (χ0) is 22.8. The molecule has 3 aromatic rings. The normalized spacial score (nSPS) is 11.4. The van der Waals surface area contributed by atoms with E-state index in [1.54, 1.807) is 12.1 Å². The molecule has 0 spiro atoms. The lowest BCUT2D eigenvalue weighted by atomic mass is 10.1. The van der Waals surface area contributed by atoms with Crippen LogP contribution in [0.1, 0.15) is 38.7 Å². The van der Waals surface area contributed by atoms with E-state index in [0.29, 0.717) is 37.0 Å². The number of hydrogen-bond donors (Lipinski definition) is 3. The molecule has 8 nitrogen and oxygen atoms in total. The average Bonchev–Trinajstić information content (AvgIpc) is 3.36. The zero-order valence-corrected chi connectivity index (χ0v) is 18.5. The van der Waals surface area contributed by atoms with E-state index in [0.717, 1.165) is 24.2 Å². The lowest BCUT2D eigenvalue weighted by molar-refractivity contribution is -0.122. The van der Waals surface area contributed by atoms with Crippen LogP contribution in [-0.2, 0) is 11.3 Å². The Balaban J connectivity index is 1.75. The van der Waals surface area contributed by atoms with Crippen LogP contribution in [0.25, 0.3) is 10.7 Å². The van der Waals surface area contributed by atoms with Crippen molar-refractivity contribution < 1.29 is 4.79 Å². The van der Waals surface area contributed by atoms with E-state index >= 15 is 0 Å². The minimum Gasteiger partial charge on any atom is -0.358 e. The number of nitrogens with one attached hydrogen (secondary N) is 3. The van der Waals surface area contributed by atoms with Gasteiger partial charge in [0.1, 0.15) is 17.7 Å². The Morgan fingerprint density at radius 1 is 1.16 bits per heavy atom. The topological polar surface area (TPSA) is 88.2 Å². The van der Waals surface area contributed by atoms with Crippen LogP contribution in [0.2, 0.25) is 0 Å². The van der Waals surface area contributed by atoms with Crippen LogP contribution in [0.3, 0.4) is 0 Å². The van der Waals surface area contributed by atoms with Crippen molar-refractivity contribution in [3.05, 3.63) is 71.8 Å². The van der Waals surface area contributed by atoms with Gasteiger partial charge in [0.15, 0.2) is 5.69 Å². The average molecular weight is 432 g/mol. The Morgan fingerprint density at radius 3 is 2.56 bits per heavy atom. The molecular formula is C24H29N7O. The molecule has 0 saturated heterocycles. The number of benzene rings is 1. The predicted octanol–water partition coefficient (Wildman–Crippen LogP) is 4.54. The van der Waals surface area contributed by atoms with Gasteiger partial charge in [0.05, 0.1) is 6.57 Å². The molecule has 32 heavy (non-hydrogen) atoms. The standard InChI is InChI=1S/C24H29N7O/c1-4-6-9-20(23(32)27-17-18-10-12-19(25-3)13-11-18)28-21-16-22(31-14-7-8-15-31)30-24(29-21)26-5-2/h7-8,10-16,20H,4-6,9,17H2,1-2H3,(H,27,32)(H2,26,28,29,30). The monoisotopic (exact) mass is 431 g/mol. The van der Waals surface area contributed by atoms with Crippen LogP contribution >= 0.6 is 0 Å². The second-order valence-corrected chi connectivity index (χ2v) is 7.39. The summed E-state index contributed by atoms with van der Waals surface area (Å²) >= 11 is 0. The highest BCUT2D eigenvalue weighted by Gasteiger charge is 2.19. The predicted molar refractivity (Wildman–Crippen MR) is 127 cm³/mol. The van der Waals surface area contributed by atoms with Gasteiger partial charge >= 0.3 is 0 Å². The Labute approximate surface area is 188 Å².